The van der Waals surface area contributed by atoms with Gasteiger partial charge in [-0.05, 0) is 43.0 Å². The Kier molecular flexibility index (Phi) is 6.41. The molecule has 140 valence electrons. The molecule has 0 bridgehead atoms. The predicted molar refractivity (Wildman–Crippen MR) is 101 cm³/mol. The molecule has 2 aromatic rings. The van der Waals surface area contributed by atoms with Crippen LogP contribution in [0.1, 0.15) is 40.2 Å². The molecule has 1 aliphatic rings. The number of carbonyl (C=O) groups excluding carboxylic acids is 1. The SMILES string of the molecule is COCCN(Cc1cnn(C)c1)C(=O)c1ccc([C@H]2CCCNC2)cc1. The first-order valence-corrected chi connectivity index (χ1v) is 9.24. The second-order valence-electron chi connectivity index (χ2n) is 6.91. The Balaban J connectivity index is 1.70. The minimum Gasteiger partial charge on any atom is -0.383 e. The van der Waals surface area contributed by atoms with Crippen LogP contribution >= 0.6 is 0 Å². The van der Waals surface area contributed by atoms with Gasteiger partial charge in [-0.3, -0.25) is 9.48 Å². The number of aromatic nitrogens is 2. The first-order chi connectivity index (χ1) is 12.7. The van der Waals surface area contributed by atoms with Crippen LogP contribution in [0, 0.1) is 0 Å². The Bertz CT molecular complexity index is 705. The number of benzene rings is 1. The lowest BCUT2D eigenvalue weighted by Gasteiger charge is -2.24. The number of methoxy groups -OCH3 is 1. The molecule has 26 heavy (non-hydrogen) atoms. The average molecular weight is 356 g/mol. The van der Waals surface area contributed by atoms with Gasteiger partial charge in [0.15, 0.2) is 0 Å². The number of nitrogens with one attached hydrogen (secondary N) is 1. The van der Waals surface area contributed by atoms with E-state index in [-0.39, 0.29) is 5.91 Å². The maximum atomic E-state index is 13.0. The molecule has 2 heterocycles. The van der Waals surface area contributed by atoms with Gasteiger partial charge in [-0.1, -0.05) is 12.1 Å². The molecule has 0 radical (unpaired) electrons. The highest BCUT2D eigenvalue weighted by atomic mass is 16.5. The Hall–Kier alpha value is -2.18. The summed E-state index contributed by atoms with van der Waals surface area (Å²) in [6, 6.07) is 8.11. The third kappa shape index (κ3) is 4.71. The number of aryl methyl sites for hydroxylation is 1. The fraction of sp³-hybridized carbons (Fsp3) is 0.500. The Morgan fingerprint density at radius 3 is 2.81 bits per heavy atom. The third-order valence-electron chi connectivity index (χ3n) is 4.91. The lowest BCUT2D eigenvalue weighted by Crippen LogP contribution is -2.33. The van der Waals surface area contributed by atoms with Crippen LogP contribution in [0.5, 0.6) is 0 Å². The first-order valence-electron chi connectivity index (χ1n) is 9.24. The van der Waals surface area contributed by atoms with E-state index >= 15 is 0 Å². The summed E-state index contributed by atoms with van der Waals surface area (Å²) in [7, 11) is 3.53. The lowest BCUT2D eigenvalue weighted by molar-refractivity contribution is 0.0680. The highest BCUT2D eigenvalue weighted by Gasteiger charge is 2.19. The molecule has 1 atom stereocenters. The van der Waals surface area contributed by atoms with Gasteiger partial charge in [0.05, 0.1) is 12.8 Å². The van der Waals surface area contributed by atoms with Crippen molar-refractivity contribution in [1.29, 1.82) is 0 Å². The topological polar surface area (TPSA) is 59.4 Å². The minimum atomic E-state index is 0.0271. The van der Waals surface area contributed by atoms with Crippen LogP contribution in [0.2, 0.25) is 0 Å². The van der Waals surface area contributed by atoms with Crippen molar-refractivity contribution < 1.29 is 9.53 Å². The quantitative estimate of drug-likeness (QED) is 0.826. The van der Waals surface area contributed by atoms with Crippen LogP contribution in [0.4, 0.5) is 0 Å². The molecule has 0 unspecified atom stereocenters. The van der Waals surface area contributed by atoms with E-state index in [9.17, 15) is 4.79 Å². The minimum absolute atomic E-state index is 0.0271. The fourth-order valence-corrected chi connectivity index (χ4v) is 3.44. The normalized spacial score (nSPS) is 17.2. The summed E-state index contributed by atoms with van der Waals surface area (Å²) >= 11 is 0. The zero-order valence-corrected chi connectivity index (χ0v) is 15.6. The smallest absolute Gasteiger partial charge is 0.254 e. The van der Waals surface area contributed by atoms with E-state index in [1.54, 1.807) is 18.0 Å². The molecule has 0 spiro atoms. The second-order valence-corrected chi connectivity index (χ2v) is 6.91. The van der Waals surface area contributed by atoms with Gasteiger partial charge in [-0.2, -0.15) is 5.10 Å². The van der Waals surface area contributed by atoms with E-state index < -0.39 is 0 Å². The van der Waals surface area contributed by atoms with Gasteiger partial charge < -0.3 is 15.0 Å². The number of hydrogen-bond donors (Lipinski definition) is 1. The van der Waals surface area contributed by atoms with Crippen LogP contribution in [-0.4, -0.2) is 53.9 Å². The lowest BCUT2D eigenvalue weighted by atomic mass is 9.91. The van der Waals surface area contributed by atoms with Gasteiger partial charge in [0.2, 0.25) is 0 Å². The van der Waals surface area contributed by atoms with Gasteiger partial charge >= 0.3 is 0 Å². The molecule has 1 amide bonds. The van der Waals surface area contributed by atoms with Crippen LogP contribution < -0.4 is 5.32 Å². The van der Waals surface area contributed by atoms with E-state index in [2.05, 4.69) is 22.5 Å². The molecule has 1 aromatic carbocycles. The maximum Gasteiger partial charge on any atom is 0.254 e. The first kappa shape index (κ1) is 18.6. The van der Waals surface area contributed by atoms with Gasteiger partial charge in [0.25, 0.3) is 5.91 Å². The van der Waals surface area contributed by atoms with E-state index in [1.807, 2.05) is 30.3 Å². The summed E-state index contributed by atoms with van der Waals surface area (Å²) in [6.07, 6.45) is 6.15. The second kappa shape index (κ2) is 8.96. The van der Waals surface area contributed by atoms with Gasteiger partial charge in [-0.25, -0.2) is 0 Å². The number of piperidine rings is 1. The van der Waals surface area contributed by atoms with Gasteiger partial charge in [0, 0.05) is 51.1 Å². The van der Waals surface area contributed by atoms with Crippen molar-refractivity contribution in [3.63, 3.8) is 0 Å². The van der Waals surface area contributed by atoms with Crippen molar-refractivity contribution in [2.75, 3.05) is 33.4 Å². The fourth-order valence-electron chi connectivity index (χ4n) is 3.44. The van der Waals surface area contributed by atoms with E-state index in [1.165, 1.54) is 18.4 Å². The molecule has 1 N–H and O–H groups in total. The van der Waals surface area contributed by atoms with Gasteiger partial charge in [0.1, 0.15) is 0 Å². The van der Waals surface area contributed by atoms with E-state index in [4.69, 9.17) is 4.74 Å². The average Bonchev–Trinajstić information content (AvgIpc) is 3.10. The summed E-state index contributed by atoms with van der Waals surface area (Å²) in [5.41, 5.74) is 3.05. The Labute approximate surface area is 155 Å². The monoisotopic (exact) mass is 356 g/mol. The number of ether oxygens (including phenoxy) is 1. The molecule has 6 nitrogen and oxygen atoms in total. The third-order valence-corrected chi connectivity index (χ3v) is 4.91. The molecule has 3 rings (SSSR count). The summed E-state index contributed by atoms with van der Waals surface area (Å²) in [6.45, 7) is 3.73. The number of amides is 1. The molecule has 1 aliphatic heterocycles. The van der Waals surface area contributed by atoms with Crippen molar-refractivity contribution in [2.45, 2.75) is 25.3 Å². The van der Waals surface area contributed by atoms with Crippen molar-refractivity contribution >= 4 is 5.91 Å². The molecule has 0 aliphatic carbocycles. The van der Waals surface area contributed by atoms with Crippen LogP contribution in [0.25, 0.3) is 0 Å². The van der Waals surface area contributed by atoms with Gasteiger partial charge in [-0.15, -0.1) is 0 Å². The summed E-state index contributed by atoms with van der Waals surface area (Å²) in [4.78, 5) is 14.8. The van der Waals surface area contributed by atoms with E-state index in [0.717, 1.165) is 24.2 Å². The number of nitrogens with zero attached hydrogens (tertiary/aromatic N) is 3. The molecule has 0 saturated carbocycles. The summed E-state index contributed by atoms with van der Waals surface area (Å²) in [5.74, 6) is 0.576. The Morgan fingerprint density at radius 2 is 2.19 bits per heavy atom. The zero-order chi connectivity index (χ0) is 18.4. The van der Waals surface area contributed by atoms with Crippen LogP contribution in [-0.2, 0) is 18.3 Å². The number of hydrogen-bond acceptors (Lipinski definition) is 4. The molecular weight excluding hydrogens is 328 g/mol. The maximum absolute atomic E-state index is 13.0. The molecule has 1 aromatic heterocycles. The highest BCUT2D eigenvalue weighted by molar-refractivity contribution is 5.94. The molecule has 6 heteroatoms. The van der Waals surface area contributed by atoms with E-state index in [0.29, 0.717) is 25.6 Å². The van der Waals surface area contributed by atoms with Crippen LogP contribution in [0.3, 0.4) is 0 Å². The number of rotatable bonds is 7. The summed E-state index contributed by atoms with van der Waals surface area (Å²) < 4.78 is 6.93. The highest BCUT2D eigenvalue weighted by Crippen LogP contribution is 2.23. The zero-order valence-electron chi connectivity index (χ0n) is 15.6. The predicted octanol–water partition coefficient (Wildman–Crippen LogP) is 2.18. The molecule has 1 fully saturated rings. The summed E-state index contributed by atoms with van der Waals surface area (Å²) in [5, 5.41) is 7.63. The Morgan fingerprint density at radius 1 is 1.38 bits per heavy atom. The van der Waals surface area contributed by atoms with Crippen LogP contribution in [0.15, 0.2) is 36.7 Å². The largest absolute Gasteiger partial charge is 0.383 e. The standard InChI is InChI=1S/C20H28N4O2/c1-23-14-16(12-22-23)15-24(10-11-26-2)20(25)18-7-5-17(6-8-18)19-4-3-9-21-13-19/h5-8,12,14,19,21H,3-4,9-11,13,15H2,1-2H3/t19-/m0/s1. The number of carbonyl (C=O) groups is 1. The van der Waals surface area contributed by atoms with Crippen molar-refractivity contribution in [2.24, 2.45) is 7.05 Å². The molecule has 1 saturated heterocycles. The van der Waals surface area contributed by atoms with Crippen molar-refractivity contribution in [1.82, 2.24) is 20.0 Å². The molecular formula is C20H28N4O2. The van der Waals surface area contributed by atoms with Crippen molar-refractivity contribution in [3.8, 4) is 0 Å². The van der Waals surface area contributed by atoms with Crippen molar-refractivity contribution in [3.05, 3.63) is 53.3 Å².